The van der Waals surface area contributed by atoms with Crippen molar-refractivity contribution in [3.8, 4) is 5.75 Å². The number of hydrogen-bond donors (Lipinski definition) is 0. The molecule has 1 aromatic rings. The molecular formula is C15H22N2O2. The van der Waals surface area contributed by atoms with E-state index in [4.69, 9.17) is 4.74 Å². The van der Waals surface area contributed by atoms with Crippen LogP contribution in [0.3, 0.4) is 0 Å². The number of carbonyl (C=O) groups is 1. The molecule has 0 spiro atoms. The van der Waals surface area contributed by atoms with Crippen molar-refractivity contribution in [2.75, 3.05) is 20.2 Å². The zero-order valence-electron chi connectivity index (χ0n) is 12.0. The van der Waals surface area contributed by atoms with Gasteiger partial charge in [-0.25, -0.2) is 4.98 Å². The third kappa shape index (κ3) is 2.50. The third-order valence-corrected chi connectivity index (χ3v) is 4.19. The molecule has 4 nitrogen and oxygen atoms in total. The molecule has 1 aliphatic heterocycles. The van der Waals surface area contributed by atoms with Crippen molar-refractivity contribution in [3.05, 3.63) is 24.0 Å². The SMILES string of the molecule is CCC(C)(C(=O)c1ncccc1OC)N1CCCC1. The lowest BCUT2D eigenvalue weighted by atomic mass is 9.88. The molecule has 1 aliphatic rings. The van der Waals surface area contributed by atoms with Crippen molar-refractivity contribution in [2.45, 2.75) is 38.6 Å². The van der Waals surface area contributed by atoms with Gasteiger partial charge in [0.25, 0.3) is 0 Å². The fourth-order valence-electron chi connectivity index (χ4n) is 2.72. The topological polar surface area (TPSA) is 42.4 Å². The summed E-state index contributed by atoms with van der Waals surface area (Å²) < 4.78 is 5.27. The number of ether oxygens (including phenoxy) is 1. The Morgan fingerprint density at radius 3 is 2.74 bits per heavy atom. The number of aromatic nitrogens is 1. The van der Waals surface area contributed by atoms with Crippen LogP contribution in [-0.4, -0.2) is 41.4 Å². The van der Waals surface area contributed by atoms with Crippen LogP contribution in [0.4, 0.5) is 0 Å². The maximum absolute atomic E-state index is 12.9. The second kappa shape index (κ2) is 5.70. The number of pyridine rings is 1. The second-order valence-electron chi connectivity index (χ2n) is 5.20. The zero-order chi connectivity index (χ0) is 13.9. The average Bonchev–Trinajstić information content (AvgIpc) is 3.00. The van der Waals surface area contributed by atoms with E-state index in [9.17, 15) is 4.79 Å². The van der Waals surface area contributed by atoms with Crippen molar-refractivity contribution in [3.63, 3.8) is 0 Å². The molecular weight excluding hydrogens is 240 g/mol. The Morgan fingerprint density at radius 1 is 1.47 bits per heavy atom. The Kier molecular flexibility index (Phi) is 4.20. The van der Waals surface area contributed by atoms with Crippen LogP contribution >= 0.6 is 0 Å². The molecule has 2 rings (SSSR count). The molecule has 1 unspecified atom stereocenters. The van der Waals surface area contributed by atoms with Crippen LogP contribution in [0.25, 0.3) is 0 Å². The van der Waals surface area contributed by atoms with Crippen molar-refractivity contribution in [2.24, 2.45) is 0 Å². The highest BCUT2D eigenvalue weighted by atomic mass is 16.5. The van der Waals surface area contributed by atoms with Crippen LogP contribution in [0.5, 0.6) is 5.75 Å². The predicted octanol–water partition coefficient (Wildman–Crippen LogP) is 2.54. The molecule has 0 saturated carbocycles. The summed E-state index contributed by atoms with van der Waals surface area (Å²) in [6.07, 6.45) is 4.77. The van der Waals surface area contributed by atoms with Crippen LogP contribution < -0.4 is 4.74 Å². The summed E-state index contributed by atoms with van der Waals surface area (Å²) in [7, 11) is 1.58. The maximum Gasteiger partial charge on any atom is 0.204 e. The highest BCUT2D eigenvalue weighted by Crippen LogP contribution is 2.30. The number of rotatable bonds is 5. The van der Waals surface area contributed by atoms with E-state index in [-0.39, 0.29) is 5.78 Å². The summed E-state index contributed by atoms with van der Waals surface area (Å²) in [6, 6.07) is 3.58. The summed E-state index contributed by atoms with van der Waals surface area (Å²) >= 11 is 0. The molecule has 0 aliphatic carbocycles. The molecule has 0 N–H and O–H groups in total. The first-order chi connectivity index (χ1) is 9.13. The Bertz CT molecular complexity index is 455. The fourth-order valence-corrected chi connectivity index (χ4v) is 2.72. The molecule has 0 radical (unpaired) electrons. The number of likely N-dealkylation sites (tertiary alicyclic amines) is 1. The number of methoxy groups -OCH3 is 1. The average molecular weight is 262 g/mol. The Balaban J connectivity index is 2.34. The van der Waals surface area contributed by atoms with Gasteiger partial charge in [0.1, 0.15) is 11.4 Å². The van der Waals surface area contributed by atoms with Crippen molar-refractivity contribution >= 4 is 5.78 Å². The first-order valence-corrected chi connectivity index (χ1v) is 6.92. The normalized spacial score (nSPS) is 19.1. The van der Waals surface area contributed by atoms with E-state index in [0.717, 1.165) is 19.5 Å². The van der Waals surface area contributed by atoms with Gasteiger partial charge in [0.05, 0.1) is 12.6 Å². The number of ketones is 1. The van der Waals surface area contributed by atoms with Gasteiger partial charge in [-0.3, -0.25) is 9.69 Å². The molecule has 0 bridgehead atoms. The van der Waals surface area contributed by atoms with E-state index < -0.39 is 5.54 Å². The van der Waals surface area contributed by atoms with E-state index in [1.165, 1.54) is 12.8 Å². The van der Waals surface area contributed by atoms with Gasteiger partial charge in [0.15, 0.2) is 0 Å². The molecule has 1 saturated heterocycles. The first kappa shape index (κ1) is 14.0. The Hall–Kier alpha value is -1.42. The second-order valence-corrected chi connectivity index (χ2v) is 5.20. The molecule has 4 heteroatoms. The van der Waals surface area contributed by atoms with Crippen LogP contribution in [0, 0.1) is 0 Å². The van der Waals surface area contributed by atoms with Gasteiger partial charge >= 0.3 is 0 Å². The van der Waals surface area contributed by atoms with Crippen molar-refractivity contribution in [1.82, 2.24) is 9.88 Å². The largest absolute Gasteiger partial charge is 0.494 e. The highest BCUT2D eigenvalue weighted by Gasteiger charge is 2.41. The molecule has 1 aromatic heterocycles. The van der Waals surface area contributed by atoms with Gasteiger partial charge in [-0.1, -0.05) is 6.92 Å². The molecule has 0 amide bonds. The molecule has 1 atom stereocenters. The number of nitrogens with zero attached hydrogens (tertiary/aromatic N) is 2. The lowest BCUT2D eigenvalue weighted by Crippen LogP contribution is -2.51. The predicted molar refractivity (Wildman–Crippen MR) is 74.6 cm³/mol. The van der Waals surface area contributed by atoms with Gasteiger partial charge in [-0.05, 0) is 51.4 Å². The zero-order valence-corrected chi connectivity index (χ0v) is 12.0. The molecule has 19 heavy (non-hydrogen) atoms. The van der Waals surface area contributed by atoms with E-state index >= 15 is 0 Å². The van der Waals surface area contributed by atoms with Crippen LogP contribution in [0.15, 0.2) is 18.3 Å². The third-order valence-electron chi connectivity index (χ3n) is 4.19. The summed E-state index contributed by atoms with van der Waals surface area (Å²) in [4.78, 5) is 19.4. The van der Waals surface area contributed by atoms with Crippen molar-refractivity contribution < 1.29 is 9.53 Å². The summed E-state index contributed by atoms with van der Waals surface area (Å²) in [5.41, 5.74) is -0.0285. The van der Waals surface area contributed by atoms with Gasteiger partial charge in [0, 0.05) is 6.20 Å². The van der Waals surface area contributed by atoms with Gasteiger partial charge in [0.2, 0.25) is 5.78 Å². The van der Waals surface area contributed by atoms with Crippen molar-refractivity contribution in [1.29, 1.82) is 0 Å². The highest BCUT2D eigenvalue weighted by molar-refractivity contribution is 6.03. The van der Waals surface area contributed by atoms with E-state index in [1.54, 1.807) is 25.4 Å². The molecule has 104 valence electrons. The van der Waals surface area contributed by atoms with Gasteiger partial charge in [-0.15, -0.1) is 0 Å². The minimum atomic E-state index is -0.474. The molecule has 2 heterocycles. The summed E-state index contributed by atoms with van der Waals surface area (Å²) in [5.74, 6) is 0.626. The molecule has 0 aromatic carbocycles. The fraction of sp³-hybridized carbons (Fsp3) is 0.600. The smallest absolute Gasteiger partial charge is 0.204 e. The van der Waals surface area contributed by atoms with Gasteiger partial charge < -0.3 is 4.74 Å². The Morgan fingerprint density at radius 2 is 2.16 bits per heavy atom. The number of carbonyl (C=O) groups excluding carboxylic acids is 1. The van der Waals surface area contributed by atoms with E-state index in [1.807, 2.05) is 6.92 Å². The summed E-state index contributed by atoms with van der Waals surface area (Å²) in [5, 5.41) is 0. The monoisotopic (exact) mass is 262 g/mol. The van der Waals surface area contributed by atoms with Crippen LogP contribution in [0.1, 0.15) is 43.6 Å². The quantitative estimate of drug-likeness (QED) is 0.765. The van der Waals surface area contributed by atoms with Crippen LogP contribution in [0.2, 0.25) is 0 Å². The number of Topliss-reactive ketones (excluding diaryl/α,β-unsaturated/α-hetero) is 1. The van der Waals surface area contributed by atoms with E-state index in [2.05, 4.69) is 16.8 Å². The lowest BCUT2D eigenvalue weighted by Gasteiger charge is -2.36. The van der Waals surface area contributed by atoms with Crippen LogP contribution in [-0.2, 0) is 0 Å². The standard InChI is InChI=1S/C15H22N2O2/c1-4-15(2,17-10-5-6-11-17)14(18)13-12(19-3)8-7-9-16-13/h7-9H,4-6,10-11H2,1-3H3. The lowest BCUT2D eigenvalue weighted by molar-refractivity contribution is 0.0638. The minimum Gasteiger partial charge on any atom is -0.494 e. The minimum absolute atomic E-state index is 0.0642. The Labute approximate surface area is 114 Å². The van der Waals surface area contributed by atoms with Gasteiger partial charge in [-0.2, -0.15) is 0 Å². The summed E-state index contributed by atoms with van der Waals surface area (Å²) in [6.45, 7) is 6.07. The number of hydrogen-bond acceptors (Lipinski definition) is 4. The molecule has 1 fully saturated rings. The maximum atomic E-state index is 12.9. The first-order valence-electron chi connectivity index (χ1n) is 6.92. The van der Waals surface area contributed by atoms with E-state index in [0.29, 0.717) is 11.4 Å².